The van der Waals surface area contributed by atoms with E-state index in [2.05, 4.69) is 33.8 Å². The van der Waals surface area contributed by atoms with Crippen molar-refractivity contribution in [3.8, 4) is 5.75 Å². The number of ether oxygens (including phenoxy) is 1. The van der Waals surface area contributed by atoms with Crippen molar-refractivity contribution < 1.29 is 14.6 Å². The van der Waals surface area contributed by atoms with Crippen LogP contribution in [-0.2, 0) is 4.79 Å². The van der Waals surface area contributed by atoms with Crippen molar-refractivity contribution in [3.63, 3.8) is 0 Å². The fourth-order valence-corrected chi connectivity index (χ4v) is 2.65. The lowest BCUT2D eigenvalue weighted by molar-refractivity contribution is -0.135. The summed E-state index contributed by atoms with van der Waals surface area (Å²) in [5.74, 6) is 0.131. The molecule has 0 unspecified atom stereocenters. The fraction of sp³-hybridized carbons (Fsp3) is 0.500. The van der Waals surface area contributed by atoms with Gasteiger partial charge >= 0.3 is 5.97 Å². The molecule has 0 bridgehead atoms. The summed E-state index contributed by atoms with van der Waals surface area (Å²) in [6, 6.07) is 2.06. The molecule has 0 aliphatic rings. The van der Waals surface area contributed by atoms with Gasteiger partial charge in [-0.05, 0) is 68.0 Å². The van der Waals surface area contributed by atoms with E-state index in [0.717, 1.165) is 35.3 Å². The third kappa shape index (κ3) is 4.35. The lowest BCUT2D eigenvalue weighted by Gasteiger charge is -2.19. The Morgan fingerprint density at radius 2 is 1.90 bits per heavy atom. The number of hydrogen-bond donors (Lipinski definition) is 1. The second-order valence-corrected chi connectivity index (χ2v) is 5.33. The monoisotopic (exact) mass is 290 g/mol. The minimum absolute atomic E-state index is 0.0699. The van der Waals surface area contributed by atoms with Gasteiger partial charge in [-0.1, -0.05) is 19.4 Å². The van der Waals surface area contributed by atoms with E-state index in [0.29, 0.717) is 6.61 Å². The molecule has 0 amide bonds. The van der Waals surface area contributed by atoms with Crippen LogP contribution in [-0.4, -0.2) is 17.7 Å². The third-order valence-electron chi connectivity index (χ3n) is 3.71. The summed E-state index contributed by atoms with van der Waals surface area (Å²) in [7, 11) is 0. The number of aryl methyl sites for hydroxylation is 1. The molecule has 0 aliphatic heterocycles. The zero-order valence-corrected chi connectivity index (χ0v) is 13.7. The minimum Gasteiger partial charge on any atom is -0.494 e. The first-order valence-corrected chi connectivity index (χ1v) is 7.57. The Balaban J connectivity index is 3.35. The summed E-state index contributed by atoms with van der Waals surface area (Å²) in [4.78, 5) is 10.9. The zero-order valence-electron chi connectivity index (χ0n) is 13.7. The van der Waals surface area contributed by atoms with Crippen molar-refractivity contribution in [1.82, 2.24) is 0 Å². The molecule has 0 aromatic heterocycles. The Morgan fingerprint density at radius 3 is 2.43 bits per heavy atom. The van der Waals surface area contributed by atoms with E-state index < -0.39 is 5.97 Å². The molecule has 3 nitrogen and oxygen atoms in total. The number of rotatable bonds is 7. The number of allylic oxidation sites excluding steroid dienone is 1. The van der Waals surface area contributed by atoms with Crippen LogP contribution in [0.1, 0.15) is 55.4 Å². The van der Waals surface area contributed by atoms with E-state index in [4.69, 9.17) is 9.84 Å². The molecule has 0 saturated heterocycles. The first-order chi connectivity index (χ1) is 9.92. The normalized spacial score (nSPS) is 11.6. The second-order valence-electron chi connectivity index (χ2n) is 5.33. The highest BCUT2D eigenvalue weighted by atomic mass is 16.5. The molecule has 1 aromatic rings. The number of carboxylic acid groups (broad SMARTS) is 1. The predicted molar refractivity (Wildman–Crippen MR) is 87.0 cm³/mol. The Bertz CT molecular complexity index is 542. The highest BCUT2D eigenvalue weighted by molar-refractivity contribution is 5.77. The van der Waals surface area contributed by atoms with Gasteiger partial charge in [0.2, 0.25) is 0 Å². The lowest BCUT2D eigenvalue weighted by Crippen LogP contribution is -2.02. The van der Waals surface area contributed by atoms with Crippen LogP contribution in [0, 0.1) is 20.8 Å². The Morgan fingerprint density at radius 1 is 1.24 bits per heavy atom. The van der Waals surface area contributed by atoms with Crippen molar-refractivity contribution in [2.75, 3.05) is 6.61 Å². The summed E-state index contributed by atoms with van der Waals surface area (Å²) in [5.41, 5.74) is 5.77. The average molecular weight is 290 g/mol. The van der Waals surface area contributed by atoms with Crippen LogP contribution in [0.3, 0.4) is 0 Å². The van der Waals surface area contributed by atoms with Crippen molar-refractivity contribution in [1.29, 1.82) is 0 Å². The highest BCUT2D eigenvalue weighted by Crippen LogP contribution is 2.34. The van der Waals surface area contributed by atoms with Crippen LogP contribution < -0.4 is 4.74 Å². The highest BCUT2D eigenvalue weighted by Gasteiger charge is 2.14. The SMILES string of the molecule is CCC/C(=C\CC(=O)O)c1c(C)cc(OCC)c(C)c1C. The van der Waals surface area contributed by atoms with Crippen LogP contribution in [0.2, 0.25) is 0 Å². The molecule has 1 rings (SSSR count). The number of carbonyl (C=O) groups is 1. The molecular formula is C18H26O3. The summed E-state index contributed by atoms with van der Waals surface area (Å²) in [6.07, 6.45) is 3.81. The van der Waals surface area contributed by atoms with Crippen molar-refractivity contribution in [2.45, 2.75) is 53.9 Å². The molecule has 0 spiro atoms. The Kier molecular flexibility index (Phi) is 6.47. The van der Waals surface area contributed by atoms with Crippen molar-refractivity contribution >= 4 is 11.5 Å². The Hall–Kier alpha value is -1.77. The number of benzene rings is 1. The molecule has 116 valence electrons. The van der Waals surface area contributed by atoms with Gasteiger partial charge in [0, 0.05) is 0 Å². The second kappa shape index (κ2) is 7.87. The molecule has 0 saturated carbocycles. The molecule has 0 fully saturated rings. The van der Waals surface area contributed by atoms with Gasteiger partial charge in [-0.2, -0.15) is 0 Å². The van der Waals surface area contributed by atoms with Gasteiger partial charge in [0.25, 0.3) is 0 Å². The van der Waals surface area contributed by atoms with Crippen LogP contribution in [0.5, 0.6) is 5.75 Å². The number of hydrogen-bond acceptors (Lipinski definition) is 2. The first kappa shape index (κ1) is 17.3. The van der Waals surface area contributed by atoms with Gasteiger partial charge in [-0.25, -0.2) is 0 Å². The molecule has 3 heteroatoms. The first-order valence-electron chi connectivity index (χ1n) is 7.57. The molecule has 0 atom stereocenters. The van der Waals surface area contributed by atoms with E-state index in [1.165, 1.54) is 11.1 Å². The minimum atomic E-state index is -0.790. The van der Waals surface area contributed by atoms with Crippen molar-refractivity contribution in [2.24, 2.45) is 0 Å². The average Bonchev–Trinajstić information content (AvgIpc) is 2.42. The summed E-state index contributed by atoms with van der Waals surface area (Å²) in [6.45, 7) is 11.0. The van der Waals surface area contributed by atoms with Gasteiger partial charge in [0.15, 0.2) is 0 Å². The molecule has 0 aliphatic carbocycles. The van der Waals surface area contributed by atoms with E-state index in [-0.39, 0.29) is 6.42 Å². The summed E-state index contributed by atoms with van der Waals surface area (Å²) >= 11 is 0. The van der Waals surface area contributed by atoms with Gasteiger partial charge in [0.1, 0.15) is 5.75 Å². The molecule has 0 radical (unpaired) electrons. The van der Waals surface area contributed by atoms with Crippen LogP contribution in [0.25, 0.3) is 5.57 Å². The summed E-state index contributed by atoms with van der Waals surface area (Å²) < 4.78 is 5.68. The Labute approximate surface area is 127 Å². The molecule has 1 aromatic carbocycles. The van der Waals surface area contributed by atoms with Crippen molar-refractivity contribution in [3.05, 3.63) is 34.4 Å². The maximum Gasteiger partial charge on any atom is 0.307 e. The number of carboxylic acids is 1. The standard InChI is InChI=1S/C18H26O3/c1-6-8-15(9-10-17(19)20)18-12(3)11-16(21-7-2)13(4)14(18)5/h9,11H,6-8,10H2,1-5H3,(H,19,20)/b15-9+. The zero-order chi connectivity index (χ0) is 16.0. The maximum absolute atomic E-state index is 10.9. The largest absolute Gasteiger partial charge is 0.494 e. The van der Waals surface area contributed by atoms with Crippen LogP contribution >= 0.6 is 0 Å². The molecule has 21 heavy (non-hydrogen) atoms. The van der Waals surface area contributed by atoms with Gasteiger partial charge in [-0.3, -0.25) is 4.79 Å². The van der Waals surface area contributed by atoms with Crippen LogP contribution in [0.4, 0.5) is 0 Å². The topological polar surface area (TPSA) is 46.5 Å². The lowest BCUT2D eigenvalue weighted by atomic mass is 9.89. The van der Waals surface area contributed by atoms with E-state index >= 15 is 0 Å². The predicted octanol–water partition coefficient (Wildman–Crippen LogP) is 4.67. The maximum atomic E-state index is 10.9. The van der Waals surface area contributed by atoms with Gasteiger partial charge in [0.05, 0.1) is 13.0 Å². The fourth-order valence-electron chi connectivity index (χ4n) is 2.65. The molecule has 1 N–H and O–H groups in total. The van der Waals surface area contributed by atoms with E-state index in [1.807, 2.05) is 13.0 Å². The number of aliphatic carboxylic acids is 1. The third-order valence-corrected chi connectivity index (χ3v) is 3.71. The van der Waals surface area contributed by atoms with Gasteiger partial charge in [-0.15, -0.1) is 0 Å². The molecular weight excluding hydrogens is 264 g/mol. The smallest absolute Gasteiger partial charge is 0.307 e. The summed E-state index contributed by atoms with van der Waals surface area (Å²) in [5, 5.41) is 8.92. The van der Waals surface area contributed by atoms with E-state index in [9.17, 15) is 4.79 Å². The van der Waals surface area contributed by atoms with E-state index in [1.54, 1.807) is 0 Å². The van der Waals surface area contributed by atoms with Crippen LogP contribution in [0.15, 0.2) is 12.1 Å². The quantitative estimate of drug-likeness (QED) is 0.793. The molecule has 0 heterocycles. The van der Waals surface area contributed by atoms with Gasteiger partial charge < -0.3 is 9.84 Å².